The molecule has 12 nitrogen and oxygen atoms in total. The molecule has 1 aromatic carbocycles. The number of carbonyl (C=O) groups is 5. The van der Waals surface area contributed by atoms with Gasteiger partial charge in [0.25, 0.3) is 0 Å². The number of ether oxygens (including phenoxy) is 1. The first-order chi connectivity index (χ1) is 18.6. The number of benzene rings is 1. The van der Waals surface area contributed by atoms with Gasteiger partial charge in [-0.1, -0.05) is 24.3 Å². The van der Waals surface area contributed by atoms with Crippen LogP contribution in [0.25, 0.3) is 0 Å². The van der Waals surface area contributed by atoms with E-state index in [4.69, 9.17) is 10.3 Å². The average Bonchev–Trinajstić information content (AvgIpc) is 2.89. The van der Waals surface area contributed by atoms with Gasteiger partial charge in [-0.05, 0) is 57.1 Å². The summed E-state index contributed by atoms with van der Waals surface area (Å²) in [6, 6.07) is 5.23. The Labute approximate surface area is 228 Å². The number of esters is 1. The number of nitrogens with one attached hydrogen (secondary N) is 5. The molecule has 12 heteroatoms. The summed E-state index contributed by atoms with van der Waals surface area (Å²) >= 11 is 0. The molecule has 3 atom stereocenters. The van der Waals surface area contributed by atoms with Crippen molar-refractivity contribution in [3.8, 4) is 0 Å². The maximum Gasteiger partial charge on any atom is 0.372 e. The van der Waals surface area contributed by atoms with E-state index in [0.717, 1.165) is 17.3 Å². The van der Waals surface area contributed by atoms with E-state index in [9.17, 15) is 24.0 Å². The first kappa shape index (κ1) is 31.3. The van der Waals surface area contributed by atoms with Gasteiger partial charge >= 0.3 is 12.2 Å². The number of rotatable bonds is 15. The molecule has 1 heterocycles. The molecule has 5 N–H and O–H groups in total. The van der Waals surface area contributed by atoms with Crippen molar-refractivity contribution in [1.29, 1.82) is 5.53 Å². The first-order valence-electron chi connectivity index (χ1n) is 13.2. The highest BCUT2D eigenvalue weighted by Crippen LogP contribution is 2.17. The molecule has 0 unspecified atom stereocenters. The number of hydrogen-bond acceptors (Lipinski definition) is 8. The molecule has 0 radical (unpaired) electrons. The number of fused-ring (bicyclic) bond motifs is 1. The first-order valence-corrected chi connectivity index (χ1v) is 13.2. The lowest BCUT2D eigenvalue weighted by Crippen LogP contribution is -2.56. The summed E-state index contributed by atoms with van der Waals surface area (Å²) in [4.78, 5) is 65.1. The lowest BCUT2D eigenvalue weighted by atomic mass is 9.95. The van der Waals surface area contributed by atoms with Crippen molar-refractivity contribution < 1.29 is 33.5 Å². The van der Waals surface area contributed by atoms with Crippen LogP contribution in [0.2, 0.25) is 0 Å². The van der Waals surface area contributed by atoms with Crippen molar-refractivity contribution >= 4 is 35.7 Å². The second-order valence-electron chi connectivity index (χ2n) is 9.76. The average molecular weight is 544 g/mol. The van der Waals surface area contributed by atoms with Crippen LogP contribution in [0, 0.1) is 5.53 Å². The van der Waals surface area contributed by atoms with Crippen LogP contribution in [-0.2, 0) is 41.7 Å². The summed E-state index contributed by atoms with van der Waals surface area (Å²) in [6.45, 7) is 5.72. The SMILES string of the molecule is CC(=O)NCCCC[C@H](NC(=O)[C@@H]1Cc2ccccc2CN1)C(=O)N[C@@H](CCC(=O)C=[N+]=N)C(=O)OC(C)C. The molecular formula is C27H39N6O6+. The number of carbonyl (C=O) groups excluding carboxylic acids is 5. The normalized spacial score (nSPS) is 15.6. The predicted molar refractivity (Wildman–Crippen MR) is 142 cm³/mol. The highest BCUT2D eigenvalue weighted by Gasteiger charge is 2.31. The van der Waals surface area contributed by atoms with Gasteiger partial charge in [-0.2, -0.15) is 0 Å². The van der Waals surface area contributed by atoms with Gasteiger partial charge in [-0.3, -0.25) is 19.2 Å². The van der Waals surface area contributed by atoms with Gasteiger partial charge in [0.05, 0.1) is 22.5 Å². The molecule has 212 valence electrons. The Hall–Kier alpha value is -3.89. The van der Waals surface area contributed by atoms with E-state index in [2.05, 4.69) is 26.1 Å². The van der Waals surface area contributed by atoms with E-state index in [0.29, 0.717) is 32.4 Å². The van der Waals surface area contributed by atoms with Crippen LogP contribution in [0.5, 0.6) is 0 Å². The highest BCUT2D eigenvalue weighted by atomic mass is 16.5. The minimum Gasteiger partial charge on any atom is -0.461 e. The number of nitrogens with zero attached hydrogens (tertiary/aromatic N) is 1. The van der Waals surface area contributed by atoms with E-state index in [1.165, 1.54) is 6.92 Å². The summed E-state index contributed by atoms with van der Waals surface area (Å²) in [5.41, 5.74) is 8.97. The van der Waals surface area contributed by atoms with Crippen LogP contribution in [0.1, 0.15) is 64.0 Å². The lowest BCUT2D eigenvalue weighted by molar-refractivity contribution is -0.152. The zero-order valence-corrected chi connectivity index (χ0v) is 22.7. The molecule has 0 spiro atoms. The van der Waals surface area contributed by atoms with Crippen LogP contribution >= 0.6 is 0 Å². The molecule has 39 heavy (non-hydrogen) atoms. The maximum atomic E-state index is 13.3. The third kappa shape index (κ3) is 11.2. The molecule has 3 amide bonds. The molecule has 1 aliphatic heterocycles. The van der Waals surface area contributed by atoms with Crippen molar-refractivity contribution in [3.05, 3.63) is 35.4 Å². The van der Waals surface area contributed by atoms with Crippen molar-refractivity contribution in [2.24, 2.45) is 0 Å². The smallest absolute Gasteiger partial charge is 0.372 e. The summed E-state index contributed by atoms with van der Waals surface area (Å²) in [5.74, 6) is -2.23. The third-order valence-electron chi connectivity index (χ3n) is 6.17. The molecule has 0 aromatic heterocycles. The van der Waals surface area contributed by atoms with E-state index < -0.39 is 41.9 Å². The van der Waals surface area contributed by atoms with Crippen LogP contribution in [0.3, 0.4) is 0 Å². The largest absolute Gasteiger partial charge is 0.461 e. The topological polar surface area (TPSA) is 181 Å². The lowest BCUT2D eigenvalue weighted by Gasteiger charge is -2.28. The Bertz CT molecular complexity index is 1080. The molecular weight excluding hydrogens is 504 g/mol. The summed E-state index contributed by atoms with van der Waals surface area (Å²) in [7, 11) is 0. The second-order valence-corrected chi connectivity index (χ2v) is 9.76. The fraction of sp³-hybridized carbons (Fsp3) is 0.556. The summed E-state index contributed by atoms with van der Waals surface area (Å²) in [5, 5.41) is 11.4. The standard InChI is InChI=1S/C27H38N6O6/c1-17(2)39-27(38)23(12-11-21(35)16-31-28)33-25(36)22(10-6-7-13-29-18(3)34)32-26(37)24-14-19-8-4-5-9-20(19)15-30-24/h4-5,8-9,16-17,22-24,28,30H,6-7,10-15H2,1-3H3,(H2-,29,32,33,34,36,37)/p+1/t22-,23-,24-/m0/s1. The number of amides is 3. The van der Waals surface area contributed by atoms with E-state index in [1.807, 2.05) is 24.3 Å². The summed E-state index contributed by atoms with van der Waals surface area (Å²) < 4.78 is 5.26. The van der Waals surface area contributed by atoms with Gasteiger partial charge in [0, 0.05) is 26.4 Å². The van der Waals surface area contributed by atoms with Crippen LogP contribution in [0.4, 0.5) is 0 Å². The molecule has 0 bridgehead atoms. The van der Waals surface area contributed by atoms with Crippen molar-refractivity contribution in [2.45, 2.75) is 90.1 Å². The zero-order chi connectivity index (χ0) is 28.8. The molecule has 0 saturated heterocycles. The molecule has 0 aliphatic carbocycles. The Balaban J connectivity index is 2.12. The molecule has 1 aliphatic rings. The number of unbranched alkanes of at least 4 members (excludes halogenated alkanes) is 1. The van der Waals surface area contributed by atoms with Gasteiger partial charge in [0.1, 0.15) is 12.1 Å². The highest BCUT2D eigenvalue weighted by molar-refractivity contribution is 6.25. The Morgan fingerprint density at radius 3 is 2.46 bits per heavy atom. The van der Waals surface area contributed by atoms with Crippen molar-refractivity contribution in [3.63, 3.8) is 0 Å². The Kier molecular flexibility index (Phi) is 13.0. The number of ketones is 1. The van der Waals surface area contributed by atoms with Crippen molar-refractivity contribution in [2.75, 3.05) is 6.54 Å². The van der Waals surface area contributed by atoms with Crippen molar-refractivity contribution in [1.82, 2.24) is 21.3 Å². The fourth-order valence-corrected chi connectivity index (χ4v) is 4.18. The van der Waals surface area contributed by atoms with Gasteiger partial charge in [-0.25, -0.2) is 4.79 Å². The van der Waals surface area contributed by atoms with Crippen LogP contribution in [0.15, 0.2) is 24.3 Å². The molecule has 1 aromatic rings. The quantitative estimate of drug-likeness (QED) is 0.0705. The van der Waals surface area contributed by atoms with Gasteiger partial charge in [0.2, 0.25) is 23.5 Å². The number of hydrogen-bond donors (Lipinski definition) is 5. The second kappa shape index (κ2) is 16.2. The fourth-order valence-electron chi connectivity index (χ4n) is 4.18. The van der Waals surface area contributed by atoms with Crippen LogP contribution in [-0.4, -0.2) is 71.3 Å². The predicted octanol–water partition coefficient (Wildman–Crippen LogP) is 0.588. The monoisotopic (exact) mass is 543 g/mol. The molecule has 0 saturated carbocycles. The van der Waals surface area contributed by atoms with Gasteiger partial charge in [0.15, 0.2) is 0 Å². The minimum atomic E-state index is -1.12. The number of Topliss-reactive ketones (excluding diaryl/α,β-unsaturated/α-hetero) is 1. The van der Waals surface area contributed by atoms with Gasteiger partial charge < -0.3 is 26.0 Å². The molecule has 0 fully saturated rings. The summed E-state index contributed by atoms with van der Waals surface area (Å²) in [6.07, 6.45) is 2.09. The third-order valence-corrected chi connectivity index (χ3v) is 6.17. The Morgan fingerprint density at radius 1 is 1.08 bits per heavy atom. The maximum absolute atomic E-state index is 13.3. The van der Waals surface area contributed by atoms with Gasteiger partial charge in [-0.15, -0.1) is 0 Å². The molecule has 2 rings (SSSR count). The van der Waals surface area contributed by atoms with E-state index in [-0.39, 0.29) is 31.1 Å². The Morgan fingerprint density at radius 2 is 1.79 bits per heavy atom. The van der Waals surface area contributed by atoms with Crippen LogP contribution < -0.4 is 21.3 Å². The zero-order valence-electron chi connectivity index (χ0n) is 22.7. The van der Waals surface area contributed by atoms with E-state index >= 15 is 0 Å². The minimum absolute atomic E-state index is 0.0493. The van der Waals surface area contributed by atoms with E-state index in [1.54, 1.807) is 13.8 Å².